The number of carbonyl (C=O) groups excluding carboxylic acids is 1. The number of pyridine rings is 1. The second-order valence-corrected chi connectivity index (χ2v) is 2.19. The summed E-state index contributed by atoms with van der Waals surface area (Å²) in [6.45, 7) is 4.27. The van der Waals surface area contributed by atoms with E-state index in [1.165, 1.54) is 0 Å². The number of primary amides is 1. The predicted molar refractivity (Wildman–Crippen MR) is 40.5 cm³/mol. The second kappa shape index (κ2) is 3.14. The van der Waals surface area contributed by atoms with E-state index in [2.05, 4.69) is 6.92 Å². The number of rotatable bonds is 2. The first-order valence-electron chi connectivity index (χ1n) is 3.32. The number of hydrogen-bond donors (Lipinski definition) is 1. The lowest BCUT2D eigenvalue weighted by Crippen LogP contribution is -2.33. The van der Waals surface area contributed by atoms with Crippen LogP contribution in [0.25, 0.3) is 0 Å². The molecule has 0 aliphatic rings. The highest BCUT2D eigenvalue weighted by atomic mass is 16.1. The lowest BCUT2D eigenvalue weighted by Gasteiger charge is -1.92. The molecule has 0 spiro atoms. The summed E-state index contributed by atoms with van der Waals surface area (Å²) in [5.74, 6) is -0.409. The summed E-state index contributed by atoms with van der Waals surface area (Å²) in [7, 11) is 0. The molecule has 0 aliphatic heterocycles. The lowest BCUT2D eigenvalue weighted by molar-refractivity contribution is -0.688. The van der Waals surface area contributed by atoms with Gasteiger partial charge in [0.2, 0.25) is 0 Å². The molecule has 2 N–H and O–H groups in total. The molecule has 0 bridgehead atoms. The summed E-state index contributed by atoms with van der Waals surface area (Å²) in [6.07, 6.45) is 3.51. The molecule has 1 heterocycles. The van der Waals surface area contributed by atoms with Gasteiger partial charge in [-0.15, -0.1) is 0 Å². The van der Waals surface area contributed by atoms with Gasteiger partial charge in [-0.1, -0.05) is 0 Å². The van der Waals surface area contributed by atoms with E-state index in [1.54, 1.807) is 22.9 Å². The maximum atomic E-state index is 10.7. The van der Waals surface area contributed by atoms with Crippen molar-refractivity contribution in [1.29, 1.82) is 0 Å². The van der Waals surface area contributed by atoms with E-state index in [-0.39, 0.29) is 0 Å². The number of amides is 1. The van der Waals surface area contributed by atoms with Gasteiger partial charge in [-0.05, 0) is 6.07 Å². The van der Waals surface area contributed by atoms with Crippen molar-refractivity contribution < 1.29 is 9.36 Å². The third-order valence-corrected chi connectivity index (χ3v) is 1.40. The normalized spacial score (nSPS) is 9.55. The van der Waals surface area contributed by atoms with Crippen molar-refractivity contribution in [2.24, 2.45) is 5.73 Å². The molecule has 11 heavy (non-hydrogen) atoms. The average Bonchev–Trinajstić information content (AvgIpc) is 2.05. The summed E-state index contributed by atoms with van der Waals surface area (Å²) < 4.78 is 1.79. The van der Waals surface area contributed by atoms with E-state index in [4.69, 9.17) is 5.73 Å². The Morgan fingerprint density at radius 3 is 3.00 bits per heavy atom. The van der Waals surface area contributed by atoms with Crippen LogP contribution in [-0.4, -0.2) is 5.91 Å². The zero-order valence-electron chi connectivity index (χ0n) is 6.16. The maximum Gasteiger partial charge on any atom is 0.254 e. The predicted octanol–water partition coefficient (Wildman–Crippen LogP) is -0.0929. The Morgan fingerprint density at radius 2 is 2.45 bits per heavy atom. The Bertz CT molecular complexity index is 271. The van der Waals surface area contributed by atoms with Crippen LogP contribution in [0.2, 0.25) is 0 Å². The molecular formula is C8H10N2O+. The Hall–Kier alpha value is -1.38. The third kappa shape index (κ3) is 1.77. The van der Waals surface area contributed by atoms with E-state index in [9.17, 15) is 4.79 Å². The van der Waals surface area contributed by atoms with Gasteiger partial charge in [0.15, 0.2) is 12.4 Å². The van der Waals surface area contributed by atoms with Crippen molar-refractivity contribution in [2.45, 2.75) is 6.54 Å². The number of nitrogens with two attached hydrogens (primary N) is 1. The highest BCUT2D eigenvalue weighted by molar-refractivity contribution is 5.92. The van der Waals surface area contributed by atoms with Crippen molar-refractivity contribution in [3.05, 3.63) is 37.0 Å². The fraction of sp³-hybridized carbons (Fsp3) is 0.125. The summed E-state index contributed by atoms with van der Waals surface area (Å²) >= 11 is 0. The minimum atomic E-state index is -0.409. The molecule has 57 valence electrons. The quantitative estimate of drug-likeness (QED) is 0.588. The van der Waals surface area contributed by atoms with Gasteiger partial charge in [0.05, 0.1) is 0 Å². The summed E-state index contributed by atoms with van der Waals surface area (Å²) in [5.41, 5.74) is 5.57. The molecule has 0 aliphatic carbocycles. The topological polar surface area (TPSA) is 47.0 Å². The number of aromatic nitrogens is 1. The first-order chi connectivity index (χ1) is 5.24. The fourth-order valence-electron chi connectivity index (χ4n) is 0.807. The molecular weight excluding hydrogens is 140 g/mol. The van der Waals surface area contributed by atoms with Crippen molar-refractivity contribution >= 4 is 5.91 Å². The van der Waals surface area contributed by atoms with Gasteiger partial charge < -0.3 is 5.73 Å². The minimum Gasteiger partial charge on any atom is -0.365 e. The van der Waals surface area contributed by atoms with Crippen LogP contribution in [0.15, 0.2) is 24.5 Å². The zero-order valence-corrected chi connectivity index (χ0v) is 6.16. The summed E-state index contributed by atoms with van der Waals surface area (Å²) in [5, 5.41) is 0. The summed E-state index contributed by atoms with van der Waals surface area (Å²) in [4.78, 5) is 10.7. The van der Waals surface area contributed by atoms with Gasteiger partial charge >= 0.3 is 0 Å². The van der Waals surface area contributed by atoms with Crippen molar-refractivity contribution in [2.75, 3.05) is 0 Å². The molecule has 1 radical (unpaired) electrons. The molecule has 0 fully saturated rings. The molecule has 1 rings (SSSR count). The van der Waals surface area contributed by atoms with Crippen LogP contribution in [0.1, 0.15) is 10.4 Å². The molecule has 1 aromatic heterocycles. The number of hydrogen-bond acceptors (Lipinski definition) is 1. The monoisotopic (exact) mass is 150 g/mol. The second-order valence-electron chi connectivity index (χ2n) is 2.19. The van der Waals surface area contributed by atoms with Crippen LogP contribution in [0.3, 0.4) is 0 Å². The maximum absolute atomic E-state index is 10.7. The Morgan fingerprint density at radius 1 is 1.73 bits per heavy atom. The average molecular weight is 150 g/mol. The Kier molecular flexibility index (Phi) is 2.21. The molecule has 1 aromatic rings. The standard InChI is InChI=1S/C8H9N2O/c1-2-10-5-3-4-7(6-10)8(9)11/h3-6H,1-2H2,(H-,9,11)/p+1. The molecule has 3 nitrogen and oxygen atoms in total. The largest absolute Gasteiger partial charge is 0.365 e. The SMILES string of the molecule is [CH2]C[n+]1cccc(C(N)=O)c1. The molecule has 3 heteroatoms. The van der Waals surface area contributed by atoms with Gasteiger partial charge in [-0.25, -0.2) is 4.57 Å². The van der Waals surface area contributed by atoms with Gasteiger partial charge in [0.25, 0.3) is 5.91 Å². The van der Waals surface area contributed by atoms with Crippen LogP contribution in [-0.2, 0) is 6.54 Å². The van der Waals surface area contributed by atoms with Crippen molar-refractivity contribution in [1.82, 2.24) is 0 Å². The van der Waals surface area contributed by atoms with E-state index in [1.807, 2.05) is 6.20 Å². The molecule has 1 amide bonds. The van der Waals surface area contributed by atoms with E-state index >= 15 is 0 Å². The van der Waals surface area contributed by atoms with Crippen LogP contribution in [0.4, 0.5) is 0 Å². The summed E-state index contributed by atoms with van der Waals surface area (Å²) in [6, 6.07) is 3.44. The first kappa shape index (κ1) is 7.72. The van der Waals surface area contributed by atoms with E-state index in [0.717, 1.165) is 0 Å². The van der Waals surface area contributed by atoms with Crippen LogP contribution in [0, 0.1) is 6.92 Å². The minimum absolute atomic E-state index is 0.409. The Balaban J connectivity index is 3.01. The van der Waals surface area contributed by atoms with Crippen molar-refractivity contribution in [3.8, 4) is 0 Å². The first-order valence-corrected chi connectivity index (χ1v) is 3.32. The zero-order chi connectivity index (χ0) is 8.27. The lowest BCUT2D eigenvalue weighted by atomic mass is 10.3. The molecule has 0 aromatic carbocycles. The molecule has 0 saturated heterocycles. The highest BCUT2D eigenvalue weighted by Gasteiger charge is 2.03. The third-order valence-electron chi connectivity index (χ3n) is 1.40. The molecule has 0 unspecified atom stereocenters. The van der Waals surface area contributed by atoms with Gasteiger partial charge in [-0.3, -0.25) is 4.79 Å². The molecule has 0 atom stereocenters. The van der Waals surface area contributed by atoms with Crippen LogP contribution >= 0.6 is 0 Å². The fourth-order valence-corrected chi connectivity index (χ4v) is 0.807. The Labute approximate surface area is 65.5 Å². The van der Waals surface area contributed by atoms with Crippen LogP contribution < -0.4 is 10.3 Å². The van der Waals surface area contributed by atoms with Gasteiger partial charge in [-0.2, -0.15) is 0 Å². The van der Waals surface area contributed by atoms with Gasteiger partial charge in [0, 0.05) is 13.0 Å². The number of carbonyl (C=O) groups is 1. The molecule has 0 saturated carbocycles. The number of nitrogens with zero attached hydrogens (tertiary/aromatic N) is 1. The van der Waals surface area contributed by atoms with E-state index in [0.29, 0.717) is 12.1 Å². The highest BCUT2D eigenvalue weighted by Crippen LogP contribution is 1.90. The van der Waals surface area contributed by atoms with Gasteiger partial charge in [0.1, 0.15) is 12.1 Å². The van der Waals surface area contributed by atoms with Crippen molar-refractivity contribution in [3.63, 3.8) is 0 Å². The van der Waals surface area contributed by atoms with Crippen LogP contribution in [0.5, 0.6) is 0 Å². The smallest absolute Gasteiger partial charge is 0.254 e. The van der Waals surface area contributed by atoms with E-state index < -0.39 is 5.91 Å².